The van der Waals surface area contributed by atoms with E-state index in [4.69, 9.17) is 4.74 Å². The molecule has 15 heavy (non-hydrogen) atoms. The number of fused-ring (bicyclic) bond motifs is 1. The molecule has 0 aromatic carbocycles. The zero-order valence-corrected chi connectivity index (χ0v) is 8.98. The summed E-state index contributed by atoms with van der Waals surface area (Å²) in [4.78, 5) is 11.6. The summed E-state index contributed by atoms with van der Waals surface area (Å²) in [5.74, 6) is 2.36. The Morgan fingerprint density at radius 1 is 1.33 bits per heavy atom. The van der Waals surface area contributed by atoms with Gasteiger partial charge >= 0.3 is 5.97 Å². The van der Waals surface area contributed by atoms with Crippen molar-refractivity contribution in [3.8, 4) is 0 Å². The molecule has 82 valence electrons. The molecule has 2 bridgehead atoms. The molecule has 2 fully saturated rings. The third kappa shape index (κ3) is 1.26. The molecule has 1 saturated carbocycles. The van der Waals surface area contributed by atoms with Crippen molar-refractivity contribution < 1.29 is 9.53 Å². The molecule has 1 heterocycles. The lowest BCUT2D eigenvalue weighted by Gasteiger charge is -2.42. The predicted molar refractivity (Wildman–Crippen MR) is 56.1 cm³/mol. The first-order valence-corrected chi connectivity index (χ1v) is 5.81. The first kappa shape index (κ1) is 9.40. The molecule has 4 aliphatic rings. The molecule has 3 heteroatoms. The van der Waals surface area contributed by atoms with Crippen molar-refractivity contribution in [1.29, 1.82) is 0 Å². The van der Waals surface area contributed by atoms with Crippen LogP contribution in [0, 0.1) is 23.7 Å². The number of hydrogen-bond acceptors (Lipinski definition) is 3. The van der Waals surface area contributed by atoms with Crippen molar-refractivity contribution in [1.82, 2.24) is 5.32 Å². The van der Waals surface area contributed by atoms with E-state index in [1.165, 1.54) is 20.0 Å². The molecule has 5 atom stereocenters. The van der Waals surface area contributed by atoms with Gasteiger partial charge in [-0.15, -0.1) is 0 Å². The van der Waals surface area contributed by atoms with E-state index < -0.39 is 0 Å². The summed E-state index contributed by atoms with van der Waals surface area (Å²) in [6.07, 6.45) is 7.23. The maximum atomic E-state index is 11.6. The first-order valence-electron chi connectivity index (χ1n) is 5.81. The highest BCUT2D eigenvalue weighted by atomic mass is 16.5. The number of hydrogen-bond donors (Lipinski definition) is 1. The Kier molecular flexibility index (Phi) is 2.09. The Hall–Kier alpha value is -0.830. The highest BCUT2D eigenvalue weighted by molar-refractivity contribution is 5.76. The maximum Gasteiger partial charge on any atom is 0.323 e. The van der Waals surface area contributed by atoms with Crippen molar-refractivity contribution >= 4 is 5.97 Å². The van der Waals surface area contributed by atoms with Crippen LogP contribution in [-0.2, 0) is 9.53 Å². The lowest BCUT2D eigenvalue weighted by molar-refractivity contribution is -0.144. The van der Waals surface area contributed by atoms with Crippen LogP contribution in [0.4, 0.5) is 0 Å². The second kappa shape index (κ2) is 3.34. The highest BCUT2D eigenvalue weighted by Crippen LogP contribution is 2.48. The number of methoxy groups -OCH3 is 1. The maximum absolute atomic E-state index is 11.6. The van der Waals surface area contributed by atoms with Crippen LogP contribution in [0.1, 0.15) is 12.8 Å². The number of allylic oxidation sites excluding steroid dienone is 2. The molecule has 0 spiro atoms. The smallest absolute Gasteiger partial charge is 0.323 e. The molecule has 1 N–H and O–H groups in total. The van der Waals surface area contributed by atoms with E-state index in [1.807, 2.05) is 0 Å². The number of carbonyl (C=O) groups excluding carboxylic acids is 1. The molecular formula is C12H17NO2. The average molecular weight is 207 g/mol. The summed E-state index contributed by atoms with van der Waals surface area (Å²) in [5, 5.41) is 3.34. The number of carbonyl (C=O) groups is 1. The molecule has 4 rings (SSSR count). The largest absolute Gasteiger partial charge is 0.468 e. The summed E-state index contributed by atoms with van der Waals surface area (Å²) in [7, 11) is 1.48. The zero-order chi connectivity index (χ0) is 10.4. The normalized spacial score (nSPS) is 46.6. The van der Waals surface area contributed by atoms with E-state index in [-0.39, 0.29) is 12.0 Å². The van der Waals surface area contributed by atoms with Gasteiger partial charge in [0.05, 0.1) is 7.11 Å². The fraction of sp³-hybridized carbons (Fsp3) is 0.750. The number of ether oxygens (including phenoxy) is 1. The fourth-order valence-corrected chi connectivity index (χ4v) is 3.69. The Morgan fingerprint density at radius 2 is 2.07 bits per heavy atom. The Bertz CT molecular complexity index is 313. The lowest BCUT2D eigenvalue weighted by atomic mass is 9.62. The zero-order valence-electron chi connectivity index (χ0n) is 8.98. The third-order valence-electron chi connectivity index (χ3n) is 4.39. The molecular weight excluding hydrogens is 190 g/mol. The van der Waals surface area contributed by atoms with Crippen LogP contribution in [0.3, 0.4) is 0 Å². The molecule has 0 amide bonds. The van der Waals surface area contributed by atoms with E-state index in [0.717, 1.165) is 6.54 Å². The average Bonchev–Trinajstić information content (AvgIpc) is 2.76. The number of rotatable bonds is 1. The van der Waals surface area contributed by atoms with Gasteiger partial charge in [-0.05, 0) is 43.1 Å². The third-order valence-corrected chi connectivity index (χ3v) is 4.39. The van der Waals surface area contributed by atoms with Crippen LogP contribution in [0.5, 0.6) is 0 Å². The van der Waals surface area contributed by atoms with Crippen LogP contribution in [0.15, 0.2) is 12.2 Å². The minimum atomic E-state index is -0.0801. The van der Waals surface area contributed by atoms with Crippen molar-refractivity contribution in [3.05, 3.63) is 12.2 Å². The molecule has 0 aromatic heterocycles. The summed E-state index contributed by atoms with van der Waals surface area (Å²) >= 11 is 0. The van der Waals surface area contributed by atoms with E-state index >= 15 is 0 Å². The molecule has 0 unspecified atom stereocenters. The lowest BCUT2D eigenvalue weighted by Crippen LogP contribution is -2.43. The predicted octanol–water partition coefficient (Wildman–Crippen LogP) is 0.960. The molecule has 3 nitrogen and oxygen atoms in total. The van der Waals surface area contributed by atoms with Gasteiger partial charge < -0.3 is 10.1 Å². The highest BCUT2D eigenvalue weighted by Gasteiger charge is 2.50. The van der Waals surface area contributed by atoms with Gasteiger partial charge in [-0.1, -0.05) is 12.2 Å². The first-order chi connectivity index (χ1) is 7.31. The molecule has 1 aliphatic heterocycles. The molecule has 0 aromatic rings. The topological polar surface area (TPSA) is 38.3 Å². The summed E-state index contributed by atoms with van der Waals surface area (Å²) in [6.45, 7) is 0.982. The summed E-state index contributed by atoms with van der Waals surface area (Å²) in [5.41, 5.74) is 0. The van der Waals surface area contributed by atoms with E-state index in [1.54, 1.807) is 0 Å². The Balaban J connectivity index is 1.87. The SMILES string of the molecule is COC(=O)[C@H]1NC[C@H]2[C@@H]1[C@H]1C=C[C@@H]2CC1. The van der Waals surface area contributed by atoms with Crippen LogP contribution < -0.4 is 5.32 Å². The Labute approximate surface area is 89.9 Å². The number of esters is 1. The van der Waals surface area contributed by atoms with Crippen molar-refractivity contribution in [2.75, 3.05) is 13.7 Å². The van der Waals surface area contributed by atoms with Gasteiger partial charge in [0.2, 0.25) is 0 Å². The monoisotopic (exact) mass is 207 g/mol. The van der Waals surface area contributed by atoms with Gasteiger partial charge in [0, 0.05) is 0 Å². The standard InChI is InChI=1S/C12H17NO2/c1-15-12(14)11-10-8-4-2-7(3-5-8)9(10)6-13-11/h2,4,7-11,13H,3,5-6H2,1H3/t7-,8+,9-,10+,11+/m1/s1. The van der Waals surface area contributed by atoms with Crippen molar-refractivity contribution in [2.45, 2.75) is 18.9 Å². The number of nitrogens with one attached hydrogen (secondary N) is 1. The van der Waals surface area contributed by atoms with Gasteiger partial charge in [0.15, 0.2) is 0 Å². The molecule has 3 aliphatic carbocycles. The minimum absolute atomic E-state index is 0.0576. The quantitative estimate of drug-likeness (QED) is 0.514. The molecule has 1 saturated heterocycles. The van der Waals surface area contributed by atoms with E-state index in [2.05, 4.69) is 17.5 Å². The fourth-order valence-electron chi connectivity index (χ4n) is 3.69. The summed E-state index contributed by atoms with van der Waals surface area (Å²) < 4.78 is 4.87. The van der Waals surface area contributed by atoms with Gasteiger partial charge in [0.25, 0.3) is 0 Å². The van der Waals surface area contributed by atoms with Crippen molar-refractivity contribution in [2.24, 2.45) is 23.7 Å². The second-order valence-corrected chi connectivity index (χ2v) is 4.94. The summed E-state index contributed by atoms with van der Waals surface area (Å²) in [6, 6.07) is -0.0576. The second-order valence-electron chi connectivity index (χ2n) is 4.94. The van der Waals surface area contributed by atoms with Crippen LogP contribution >= 0.6 is 0 Å². The van der Waals surface area contributed by atoms with Gasteiger partial charge in [0.1, 0.15) is 6.04 Å². The van der Waals surface area contributed by atoms with Gasteiger partial charge in [-0.25, -0.2) is 0 Å². The van der Waals surface area contributed by atoms with E-state index in [0.29, 0.717) is 23.7 Å². The van der Waals surface area contributed by atoms with Gasteiger partial charge in [-0.2, -0.15) is 0 Å². The minimum Gasteiger partial charge on any atom is -0.468 e. The van der Waals surface area contributed by atoms with E-state index in [9.17, 15) is 4.79 Å². The van der Waals surface area contributed by atoms with Crippen LogP contribution in [0.25, 0.3) is 0 Å². The Morgan fingerprint density at radius 3 is 2.73 bits per heavy atom. The molecule has 0 radical (unpaired) electrons. The van der Waals surface area contributed by atoms with Gasteiger partial charge in [-0.3, -0.25) is 4.79 Å². The van der Waals surface area contributed by atoms with Crippen LogP contribution in [-0.4, -0.2) is 25.7 Å². The van der Waals surface area contributed by atoms with Crippen molar-refractivity contribution in [3.63, 3.8) is 0 Å². The van der Waals surface area contributed by atoms with Crippen LogP contribution in [0.2, 0.25) is 0 Å².